The van der Waals surface area contributed by atoms with Gasteiger partial charge in [0.2, 0.25) is 11.8 Å². The van der Waals surface area contributed by atoms with Crippen molar-refractivity contribution < 1.29 is 14.4 Å². The summed E-state index contributed by atoms with van der Waals surface area (Å²) in [5, 5.41) is 18.2. The van der Waals surface area contributed by atoms with E-state index in [9.17, 15) is 14.4 Å². The van der Waals surface area contributed by atoms with Crippen molar-refractivity contribution in [3.05, 3.63) is 36.3 Å². The molecule has 0 aromatic carbocycles. The standard InChI is InChI=1S/C27H37N7O3/c1-5-28-25(37)26(3,4)7-10-34-24(33-9-6-8-29-33)21(16-30-34)23(36)31-22-19-11-18-12-20(22)15-27(13-18,14-19)32-17(2)35/h6-10,16,18-20,22H,5,11-15H2,1-4H3,(H,28,37)(H,31,36)(H,32,35)/b10-7+. The molecular weight excluding hydrogens is 470 g/mol. The van der Waals surface area contributed by atoms with Gasteiger partial charge in [0.1, 0.15) is 5.56 Å². The van der Waals surface area contributed by atoms with Crippen molar-refractivity contribution in [2.75, 3.05) is 6.54 Å². The molecule has 10 heteroatoms. The first-order chi connectivity index (χ1) is 17.6. The number of aromatic nitrogens is 4. The lowest BCUT2D eigenvalue weighted by molar-refractivity contribution is -0.127. The van der Waals surface area contributed by atoms with Crippen LogP contribution in [0.2, 0.25) is 0 Å². The van der Waals surface area contributed by atoms with Gasteiger partial charge in [0, 0.05) is 43.6 Å². The molecule has 4 fully saturated rings. The van der Waals surface area contributed by atoms with Crippen LogP contribution in [0.3, 0.4) is 0 Å². The molecule has 4 saturated carbocycles. The van der Waals surface area contributed by atoms with Crippen molar-refractivity contribution >= 4 is 23.9 Å². The first-order valence-electron chi connectivity index (χ1n) is 13.3. The molecule has 6 rings (SSSR count). The molecule has 2 aromatic rings. The lowest BCUT2D eigenvalue weighted by Gasteiger charge is -2.60. The van der Waals surface area contributed by atoms with Crippen LogP contribution in [0, 0.1) is 23.2 Å². The lowest BCUT2D eigenvalue weighted by atomic mass is 9.51. The van der Waals surface area contributed by atoms with Crippen molar-refractivity contribution in [1.82, 2.24) is 35.5 Å². The molecule has 2 unspecified atom stereocenters. The van der Waals surface area contributed by atoms with E-state index in [4.69, 9.17) is 0 Å². The molecule has 10 nitrogen and oxygen atoms in total. The molecule has 0 aliphatic heterocycles. The molecule has 3 amide bonds. The Morgan fingerprint density at radius 2 is 1.89 bits per heavy atom. The van der Waals surface area contributed by atoms with E-state index in [0.29, 0.717) is 35.7 Å². The summed E-state index contributed by atoms with van der Waals surface area (Å²) in [5.74, 6) is 1.59. The van der Waals surface area contributed by atoms with Crippen molar-refractivity contribution in [2.45, 2.75) is 71.4 Å². The third kappa shape index (κ3) is 4.81. The summed E-state index contributed by atoms with van der Waals surface area (Å²) in [7, 11) is 0. The van der Waals surface area contributed by atoms with Crippen LogP contribution in [0.15, 0.2) is 30.7 Å². The third-order valence-electron chi connectivity index (χ3n) is 8.30. The molecule has 2 atom stereocenters. The molecule has 3 N–H and O–H groups in total. The molecule has 2 aromatic heterocycles. The molecule has 0 spiro atoms. The number of carbonyl (C=O) groups excluding carboxylic acids is 3. The number of hydrogen-bond acceptors (Lipinski definition) is 5. The van der Waals surface area contributed by atoms with Gasteiger partial charge in [-0.25, -0.2) is 9.36 Å². The molecule has 4 aliphatic carbocycles. The van der Waals surface area contributed by atoms with Crippen LogP contribution in [0.5, 0.6) is 0 Å². The van der Waals surface area contributed by atoms with Gasteiger partial charge in [0.05, 0.1) is 11.6 Å². The highest BCUT2D eigenvalue weighted by Gasteiger charge is 2.56. The van der Waals surface area contributed by atoms with Gasteiger partial charge in [0.25, 0.3) is 5.91 Å². The molecular formula is C27H37N7O3. The van der Waals surface area contributed by atoms with Crippen molar-refractivity contribution in [2.24, 2.45) is 23.2 Å². The third-order valence-corrected chi connectivity index (χ3v) is 8.30. The zero-order valence-electron chi connectivity index (χ0n) is 22.0. The molecule has 37 heavy (non-hydrogen) atoms. The zero-order valence-corrected chi connectivity index (χ0v) is 22.0. The summed E-state index contributed by atoms with van der Waals surface area (Å²) in [6.45, 7) is 7.70. The van der Waals surface area contributed by atoms with E-state index in [1.807, 2.05) is 20.8 Å². The monoisotopic (exact) mass is 507 g/mol. The smallest absolute Gasteiger partial charge is 0.257 e. The summed E-state index contributed by atoms with van der Waals surface area (Å²) >= 11 is 0. The van der Waals surface area contributed by atoms with Crippen LogP contribution in [0.25, 0.3) is 12.0 Å². The maximum Gasteiger partial charge on any atom is 0.257 e. The molecule has 4 aliphatic rings. The number of rotatable bonds is 8. The first kappa shape index (κ1) is 25.2. The largest absolute Gasteiger partial charge is 0.356 e. The predicted molar refractivity (Wildman–Crippen MR) is 139 cm³/mol. The fourth-order valence-corrected chi connectivity index (χ4v) is 6.98. The second-order valence-corrected chi connectivity index (χ2v) is 11.6. The number of carbonyl (C=O) groups is 3. The van der Waals surface area contributed by atoms with Gasteiger partial charge >= 0.3 is 0 Å². The van der Waals surface area contributed by atoms with Crippen LogP contribution >= 0.6 is 0 Å². The van der Waals surface area contributed by atoms with Crippen molar-refractivity contribution in [1.29, 1.82) is 0 Å². The second-order valence-electron chi connectivity index (χ2n) is 11.6. The fourth-order valence-electron chi connectivity index (χ4n) is 6.98. The first-order valence-corrected chi connectivity index (χ1v) is 13.3. The molecule has 4 bridgehead atoms. The van der Waals surface area contributed by atoms with E-state index < -0.39 is 5.41 Å². The summed E-state index contributed by atoms with van der Waals surface area (Å²) in [5.41, 5.74) is -0.443. The van der Waals surface area contributed by atoms with E-state index in [1.54, 1.807) is 53.2 Å². The van der Waals surface area contributed by atoms with Crippen LogP contribution in [-0.4, -0.2) is 55.4 Å². The lowest BCUT2D eigenvalue weighted by Crippen LogP contribution is -2.66. The Morgan fingerprint density at radius 1 is 1.16 bits per heavy atom. The Kier molecular flexibility index (Phi) is 6.45. The van der Waals surface area contributed by atoms with Crippen molar-refractivity contribution in [3.8, 4) is 5.82 Å². The molecule has 198 valence electrons. The Labute approximate surface area is 217 Å². The van der Waals surface area contributed by atoms with Gasteiger partial charge in [-0.15, -0.1) is 0 Å². The predicted octanol–water partition coefficient (Wildman–Crippen LogP) is 2.52. The van der Waals surface area contributed by atoms with Gasteiger partial charge in [-0.1, -0.05) is 6.08 Å². The normalized spacial score (nSPS) is 28.4. The fraction of sp³-hybridized carbons (Fsp3) is 0.593. The van der Waals surface area contributed by atoms with Crippen LogP contribution in [0.1, 0.15) is 70.2 Å². The van der Waals surface area contributed by atoms with Gasteiger partial charge < -0.3 is 16.0 Å². The Morgan fingerprint density at radius 3 is 2.51 bits per heavy atom. The highest BCUT2D eigenvalue weighted by molar-refractivity contribution is 5.97. The summed E-state index contributed by atoms with van der Waals surface area (Å²) in [4.78, 5) is 38.0. The average Bonchev–Trinajstić information content (AvgIpc) is 3.48. The van der Waals surface area contributed by atoms with Gasteiger partial charge in [-0.3, -0.25) is 14.4 Å². The maximum atomic E-state index is 13.7. The van der Waals surface area contributed by atoms with Gasteiger partial charge in [-0.05, 0) is 76.7 Å². The van der Waals surface area contributed by atoms with E-state index in [-0.39, 0.29) is 29.3 Å². The Balaban J connectivity index is 1.38. The minimum atomic E-state index is -0.754. The average molecular weight is 508 g/mol. The quantitative estimate of drug-likeness (QED) is 0.507. The van der Waals surface area contributed by atoms with Crippen LogP contribution < -0.4 is 16.0 Å². The SMILES string of the molecule is CCNC(=O)C(C)(C)/C=C/n1ncc(C(=O)NC2C3CC4CC2CC(NC(C)=O)(C4)C3)c1-n1cccn1. The number of amides is 3. The van der Waals surface area contributed by atoms with Crippen molar-refractivity contribution in [3.63, 3.8) is 0 Å². The van der Waals surface area contributed by atoms with Crippen LogP contribution in [0.4, 0.5) is 0 Å². The second kappa shape index (κ2) is 9.46. The maximum absolute atomic E-state index is 13.7. The minimum absolute atomic E-state index is 0.0298. The topological polar surface area (TPSA) is 123 Å². The molecule has 0 radical (unpaired) electrons. The number of nitrogens with one attached hydrogen (secondary N) is 3. The highest BCUT2D eigenvalue weighted by atomic mass is 16.2. The Bertz CT molecular complexity index is 1200. The summed E-state index contributed by atoms with van der Waals surface area (Å²) in [6.07, 6.45) is 13.5. The van der Waals surface area contributed by atoms with Gasteiger partial charge in [-0.2, -0.15) is 10.2 Å². The zero-order chi connectivity index (χ0) is 26.4. The van der Waals surface area contributed by atoms with E-state index in [0.717, 1.165) is 32.1 Å². The highest BCUT2D eigenvalue weighted by Crippen LogP contribution is 2.55. The molecule has 0 saturated heterocycles. The molecule has 2 heterocycles. The minimum Gasteiger partial charge on any atom is -0.356 e. The summed E-state index contributed by atoms with van der Waals surface area (Å²) < 4.78 is 3.21. The van der Waals surface area contributed by atoms with E-state index >= 15 is 0 Å². The summed E-state index contributed by atoms with van der Waals surface area (Å²) in [6, 6.07) is 1.87. The van der Waals surface area contributed by atoms with Gasteiger partial charge in [0.15, 0.2) is 5.82 Å². The van der Waals surface area contributed by atoms with E-state index in [2.05, 4.69) is 26.1 Å². The van der Waals surface area contributed by atoms with E-state index in [1.165, 1.54) is 0 Å². The number of hydrogen-bond donors (Lipinski definition) is 3. The van der Waals surface area contributed by atoms with Crippen LogP contribution in [-0.2, 0) is 9.59 Å². The Hall–Kier alpha value is -3.43. The number of nitrogens with zero attached hydrogens (tertiary/aromatic N) is 4.